The third kappa shape index (κ3) is 2.81. The third-order valence-electron chi connectivity index (χ3n) is 4.01. The molecule has 3 N–H and O–H groups in total. The summed E-state index contributed by atoms with van der Waals surface area (Å²) in [5.41, 5.74) is 0.379. The zero-order chi connectivity index (χ0) is 15.6. The molecule has 1 aromatic heterocycles. The van der Waals surface area contributed by atoms with Crippen LogP contribution in [-0.4, -0.2) is 44.2 Å². The topological polar surface area (TPSA) is 95.1 Å². The van der Waals surface area contributed by atoms with Gasteiger partial charge >= 0.3 is 5.97 Å². The molecule has 0 unspecified atom stereocenters. The number of rotatable bonds is 4. The van der Waals surface area contributed by atoms with Gasteiger partial charge in [0.25, 0.3) is 0 Å². The van der Waals surface area contributed by atoms with Crippen LogP contribution in [0.1, 0.15) is 18.5 Å². The highest BCUT2D eigenvalue weighted by atomic mass is 32.2. The molecule has 0 saturated carbocycles. The molecule has 7 heteroatoms. The smallest absolute Gasteiger partial charge is 0.329 e. The van der Waals surface area contributed by atoms with E-state index in [-0.39, 0.29) is 12.3 Å². The van der Waals surface area contributed by atoms with Gasteiger partial charge in [0.15, 0.2) is 0 Å². The van der Waals surface area contributed by atoms with Crippen molar-refractivity contribution >= 4 is 34.5 Å². The fraction of sp³-hybridized carbons (Fsp3) is 0.400. The van der Waals surface area contributed by atoms with Crippen LogP contribution in [0, 0.1) is 0 Å². The zero-order valence-corrected chi connectivity index (χ0v) is 12.8. The Morgan fingerprint density at radius 1 is 1.32 bits per heavy atom. The van der Waals surface area contributed by atoms with E-state index in [9.17, 15) is 14.7 Å². The van der Waals surface area contributed by atoms with Crippen molar-refractivity contribution in [1.82, 2.24) is 15.5 Å². The number of aliphatic carboxylic acids is 1. The van der Waals surface area contributed by atoms with Gasteiger partial charge in [0.2, 0.25) is 5.91 Å². The second-order valence-corrected chi connectivity index (χ2v) is 6.67. The molecule has 0 aliphatic carbocycles. The van der Waals surface area contributed by atoms with E-state index in [0.29, 0.717) is 18.5 Å². The summed E-state index contributed by atoms with van der Waals surface area (Å²) in [5, 5.41) is 20.1. The minimum absolute atomic E-state index is 0.0999. The molecule has 0 spiro atoms. The maximum Gasteiger partial charge on any atom is 0.329 e. The maximum absolute atomic E-state index is 12.3. The van der Waals surface area contributed by atoms with Crippen molar-refractivity contribution in [3.63, 3.8) is 0 Å². The summed E-state index contributed by atoms with van der Waals surface area (Å²) in [6.45, 7) is 0. The fourth-order valence-corrected chi connectivity index (χ4v) is 3.92. The molecular weight excluding hydrogens is 302 g/mol. The molecule has 1 fully saturated rings. The molecule has 0 radical (unpaired) electrons. The van der Waals surface area contributed by atoms with Crippen molar-refractivity contribution in [2.75, 3.05) is 11.5 Å². The Morgan fingerprint density at radius 2 is 2.05 bits per heavy atom. The molecule has 116 valence electrons. The fourth-order valence-electron chi connectivity index (χ4n) is 2.73. The summed E-state index contributed by atoms with van der Waals surface area (Å²) in [5.74, 6) is 0.262. The summed E-state index contributed by atoms with van der Waals surface area (Å²) in [4.78, 5) is 23.9. The van der Waals surface area contributed by atoms with Crippen molar-refractivity contribution in [2.45, 2.75) is 24.8 Å². The molecular formula is C15H17N3O3S. The predicted octanol–water partition coefficient (Wildman–Crippen LogP) is 1.57. The highest BCUT2D eigenvalue weighted by Gasteiger charge is 2.41. The van der Waals surface area contributed by atoms with Crippen molar-refractivity contribution in [2.24, 2.45) is 0 Å². The van der Waals surface area contributed by atoms with Gasteiger partial charge in [-0.25, -0.2) is 4.79 Å². The lowest BCUT2D eigenvalue weighted by Gasteiger charge is -2.33. The number of carbonyl (C=O) groups excluding carboxylic acids is 1. The number of para-hydroxylation sites is 1. The van der Waals surface area contributed by atoms with Crippen LogP contribution in [0.15, 0.2) is 24.3 Å². The minimum atomic E-state index is -1.13. The van der Waals surface area contributed by atoms with Gasteiger partial charge < -0.3 is 10.4 Å². The molecule has 0 atom stereocenters. The molecule has 1 saturated heterocycles. The minimum Gasteiger partial charge on any atom is -0.480 e. The maximum atomic E-state index is 12.3. The van der Waals surface area contributed by atoms with Gasteiger partial charge in [-0.05, 0) is 30.4 Å². The third-order valence-corrected chi connectivity index (χ3v) is 5.00. The first-order valence-electron chi connectivity index (χ1n) is 7.15. The Balaban J connectivity index is 1.75. The van der Waals surface area contributed by atoms with E-state index in [0.717, 1.165) is 22.4 Å². The average molecular weight is 319 g/mol. The van der Waals surface area contributed by atoms with Crippen molar-refractivity contribution in [3.05, 3.63) is 30.0 Å². The van der Waals surface area contributed by atoms with Crippen LogP contribution >= 0.6 is 11.8 Å². The first-order valence-corrected chi connectivity index (χ1v) is 8.30. The molecule has 22 heavy (non-hydrogen) atoms. The van der Waals surface area contributed by atoms with Gasteiger partial charge in [0.1, 0.15) is 5.54 Å². The van der Waals surface area contributed by atoms with Crippen molar-refractivity contribution in [1.29, 1.82) is 0 Å². The predicted molar refractivity (Wildman–Crippen MR) is 84.9 cm³/mol. The quantitative estimate of drug-likeness (QED) is 0.795. The van der Waals surface area contributed by atoms with E-state index in [1.165, 1.54) is 0 Å². The van der Waals surface area contributed by atoms with E-state index in [1.54, 1.807) is 11.8 Å². The van der Waals surface area contributed by atoms with Gasteiger partial charge in [-0.2, -0.15) is 16.9 Å². The Morgan fingerprint density at radius 3 is 2.77 bits per heavy atom. The number of carboxylic acids is 1. The largest absolute Gasteiger partial charge is 0.480 e. The first kappa shape index (κ1) is 14.9. The average Bonchev–Trinajstić information content (AvgIpc) is 2.91. The zero-order valence-electron chi connectivity index (χ0n) is 12.0. The van der Waals surface area contributed by atoms with E-state index in [1.807, 2.05) is 24.3 Å². The number of benzene rings is 1. The number of nitrogens with zero attached hydrogens (tertiary/aromatic N) is 1. The second-order valence-electron chi connectivity index (χ2n) is 5.44. The van der Waals surface area contributed by atoms with E-state index in [2.05, 4.69) is 15.5 Å². The normalized spacial score (nSPS) is 17.3. The Bertz CT molecular complexity index is 707. The SMILES string of the molecule is O=C(Cc1[nH]nc2ccccc12)NC1(C(=O)O)CCSCC1. The lowest BCUT2D eigenvalue weighted by atomic mass is 9.92. The second kappa shape index (κ2) is 6.00. The lowest BCUT2D eigenvalue weighted by Crippen LogP contribution is -2.56. The molecule has 1 aliphatic heterocycles. The number of aromatic amines is 1. The summed E-state index contributed by atoms with van der Waals surface area (Å²) < 4.78 is 0. The first-order chi connectivity index (χ1) is 10.6. The van der Waals surface area contributed by atoms with Crippen LogP contribution in [0.25, 0.3) is 10.9 Å². The highest BCUT2D eigenvalue weighted by molar-refractivity contribution is 7.99. The summed E-state index contributed by atoms with van der Waals surface area (Å²) in [6.07, 6.45) is 1.02. The number of thioether (sulfide) groups is 1. The molecule has 2 aromatic rings. The van der Waals surface area contributed by atoms with Crippen LogP contribution in [-0.2, 0) is 16.0 Å². The van der Waals surface area contributed by atoms with Gasteiger partial charge in [0.05, 0.1) is 17.6 Å². The van der Waals surface area contributed by atoms with E-state index in [4.69, 9.17) is 0 Å². The number of carboxylic acid groups (broad SMARTS) is 1. The standard InChI is InChI=1S/C15H17N3O3S/c19-13(16-15(14(20)21)5-7-22-8-6-15)9-12-10-3-1-2-4-11(10)17-18-12/h1-4H,5-9H2,(H,16,19)(H,17,18)(H,20,21). The molecule has 2 heterocycles. The number of hydrogen-bond donors (Lipinski definition) is 3. The highest BCUT2D eigenvalue weighted by Crippen LogP contribution is 2.27. The molecule has 6 nitrogen and oxygen atoms in total. The van der Waals surface area contributed by atoms with Crippen LogP contribution in [0.3, 0.4) is 0 Å². The van der Waals surface area contributed by atoms with Gasteiger partial charge in [-0.1, -0.05) is 18.2 Å². The van der Waals surface area contributed by atoms with Gasteiger partial charge in [-0.15, -0.1) is 0 Å². The molecule has 1 aromatic carbocycles. The van der Waals surface area contributed by atoms with Crippen LogP contribution in [0.4, 0.5) is 0 Å². The number of amides is 1. The lowest BCUT2D eigenvalue weighted by molar-refractivity contribution is -0.148. The number of carbonyl (C=O) groups is 2. The van der Waals surface area contributed by atoms with Crippen molar-refractivity contribution in [3.8, 4) is 0 Å². The van der Waals surface area contributed by atoms with Crippen LogP contribution < -0.4 is 5.32 Å². The number of aromatic nitrogens is 2. The van der Waals surface area contributed by atoms with Gasteiger partial charge in [0, 0.05) is 5.39 Å². The monoisotopic (exact) mass is 319 g/mol. The number of hydrogen-bond acceptors (Lipinski definition) is 4. The summed E-state index contributed by atoms with van der Waals surface area (Å²) >= 11 is 1.72. The van der Waals surface area contributed by atoms with E-state index >= 15 is 0 Å². The van der Waals surface area contributed by atoms with E-state index < -0.39 is 11.5 Å². The van der Waals surface area contributed by atoms with Crippen molar-refractivity contribution < 1.29 is 14.7 Å². The number of nitrogens with one attached hydrogen (secondary N) is 2. The summed E-state index contributed by atoms with van der Waals surface area (Å²) in [7, 11) is 0. The van der Waals surface area contributed by atoms with Crippen LogP contribution in [0.2, 0.25) is 0 Å². The summed E-state index contributed by atoms with van der Waals surface area (Å²) in [6, 6.07) is 7.53. The Kier molecular flexibility index (Phi) is 4.06. The molecule has 1 aliphatic rings. The number of fused-ring (bicyclic) bond motifs is 1. The molecule has 3 rings (SSSR count). The molecule has 1 amide bonds. The Labute approximate surface area is 131 Å². The van der Waals surface area contributed by atoms with Gasteiger partial charge in [-0.3, -0.25) is 9.89 Å². The Hall–Kier alpha value is -2.02. The molecule has 0 bridgehead atoms. The van der Waals surface area contributed by atoms with Crippen LogP contribution in [0.5, 0.6) is 0 Å². The number of H-pyrrole nitrogens is 1.